The topological polar surface area (TPSA) is 12.0 Å². The van der Waals surface area contributed by atoms with Crippen molar-refractivity contribution in [3.8, 4) is 0 Å². The van der Waals surface area contributed by atoms with Crippen LogP contribution < -0.4 is 5.32 Å². The Bertz CT molecular complexity index is 527. The molecule has 0 spiro atoms. The van der Waals surface area contributed by atoms with Gasteiger partial charge in [-0.1, -0.05) is 48.9 Å². The Balaban J connectivity index is 2.43. The van der Waals surface area contributed by atoms with Gasteiger partial charge in [0.25, 0.3) is 0 Å². The fraction of sp³-hybridized carbons (Fsp3) is 0.200. The summed E-state index contributed by atoms with van der Waals surface area (Å²) in [6.07, 6.45) is 0. The molecule has 0 saturated heterocycles. The fourth-order valence-corrected chi connectivity index (χ4v) is 2.25. The van der Waals surface area contributed by atoms with E-state index in [1.54, 1.807) is 6.07 Å². The lowest BCUT2D eigenvalue weighted by molar-refractivity contribution is 0.603. The predicted octanol–water partition coefficient (Wildman–Crippen LogP) is 4.18. The lowest BCUT2D eigenvalue weighted by atomic mass is 9.98. The molecule has 0 saturated carbocycles. The van der Waals surface area contributed by atoms with E-state index < -0.39 is 0 Å². The van der Waals surface area contributed by atoms with Crippen molar-refractivity contribution >= 4 is 11.6 Å². The normalized spacial score (nSPS) is 12.4. The monoisotopic (exact) mass is 263 g/mol. The highest BCUT2D eigenvalue weighted by molar-refractivity contribution is 6.31. The van der Waals surface area contributed by atoms with Crippen molar-refractivity contribution in [2.45, 2.75) is 13.0 Å². The van der Waals surface area contributed by atoms with Crippen molar-refractivity contribution in [2.24, 2.45) is 0 Å². The summed E-state index contributed by atoms with van der Waals surface area (Å²) in [6.45, 7) is 2.80. The molecule has 0 aliphatic heterocycles. The summed E-state index contributed by atoms with van der Waals surface area (Å²) in [6, 6.07) is 14.1. The van der Waals surface area contributed by atoms with Crippen LogP contribution >= 0.6 is 11.6 Å². The third-order valence-electron chi connectivity index (χ3n) is 2.81. The molecular weight excluding hydrogens is 249 g/mol. The van der Waals surface area contributed by atoms with Gasteiger partial charge >= 0.3 is 0 Å². The number of benzene rings is 2. The third-order valence-corrected chi connectivity index (χ3v) is 3.15. The molecule has 0 aromatic heterocycles. The molecule has 1 N–H and O–H groups in total. The number of nitrogens with one attached hydrogen (secondary N) is 1. The summed E-state index contributed by atoms with van der Waals surface area (Å²) in [5, 5.41) is 4.02. The Hall–Kier alpha value is -1.38. The molecule has 2 rings (SSSR count). The molecule has 0 bridgehead atoms. The second kappa shape index (κ2) is 5.98. The fourth-order valence-electron chi connectivity index (χ4n) is 2.01. The lowest BCUT2D eigenvalue weighted by Gasteiger charge is -2.20. The maximum atomic E-state index is 13.3. The summed E-state index contributed by atoms with van der Waals surface area (Å²) < 4.78 is 13.3. The number of halogens is 2. The van der Waals surface area contributed by atoms with Crippen molar-refractivity contribution in [1.29, 1.82) is 0 Å². The van der Waals surface area contributed by atoms with E-state index in [1.807, 2.05) is 37.3 Å². The van der Waals surface area contributed by atoms with Gasteiger partial charge in [-0.05, 0) is 35.9 Å². The molecular formula is C15H15ClFN. The maximum Gasteiger partial charge on any atom is 0.123 e. The Morgan fingerprint density at radius 1 is 1.17 bits per heavy atom. The standard InChI is InChI=1S/C15H15ClFN/c1-2-18-15(11-6-5-7-12(17)10-11)13-8-3-4-9-14(13)16/h3-10,15,18H,2H2,1H3. The molecule has 2 aromatic rings. The summed E-state index contributed by atoms with van der Waals surface area (Å²) in [5.41, 5.74) is 1.84. The van der Waals surface area contributed by atoms with E-state index in [2.05, 4.69) is 5.32 Å². The van der Waals surface area contributed by atoms with Crippen molar-refractivity contribution in [3.05, 3.63) is 70.5 Å². The minimum absolute atomic E-state index is 0.0839. The molecule has 18 heavy (non-hydrogen) atoms. The third kappa shape index (κ3) is 2.89. The molecule has 1 nitrogen and oxygen atoms in total. The largest absolute Gasteiger partial charge is 0.306 e. The summed E-state index contributed by atoms with van der Waals surface area (Å²) in [5.74, 6) is -0.234. The van der Waals surface area contributed by atoms with Gasteiger partial charge in [0, 0.05) is 5.02 Å². The van der Waals surface area contributed by atoms with Crippen molar-refractivity contribution in [3.63, 3.8) is 0 Å². The Morgan fingerprint density at radius 2 is 1.94 bits per heavy atom. The molecule has 0 aliphatic carbocycles. The summed E-state index contributed by atoms with van der Waals surface area (Å²) in [7, 11) is 0. The van der Waals surface area contributed by atoms with E-state index in [4.69, 9.17) is 11.6 Å². The van der Waals surface area contributed by atoms with E-state index in [9.17, 15) is 4.39 Å². The average Bonchev–Trinajstić information content (AvgIpc) is 2.37. The molecule has 3 heteroatoms. The van der Waals surface area contributed by atoms with Crippen LogP contribution in [-0.2, 0) is 0 Å². The zero-order chi connectivity index (χ0) is 13.0. The second-order valence-electron chi connectivity index (χ2n) is 4.07. The van der Waals surface area contributed by atoms with Crippen LogP contribution in [0.2, 0.25) is 5.02 Å². The first-order valence-corrected chi connectivity index (χ1v) is 6.33. The van der Waals surface area contributed by atoms with Crippen LogP contribution in [0.1, 0.15) is 24.1 Å². The van der Waals surface area contributed by atoms with Gasteiger partial charge in [-0.2, -0.15) is 0 Å². The molecule has 1 unspecified atom stereocenters. The minimum atomic E-state index is -0.234. The van der Waals surface area contributed by atoms with Gasteiger partial charge in [0.05, 0.1) is 6.04 Å². The zero-order valence-electron chi connectivity index (χ0n) is 10.2. The van der Waals surface area contributed by atoms with Crippen molar-refractivity contribution in [2.75, 3.05) is 6.54 Å². The van der Waals surface area contributed by atoms with Crippen LogP contribution in [0.5, 0.6) is 0 Å². The van der Waals surface area contributed by atoms with E-state index in [0.29, 0.717) is 5.02 Å². The van der Waals surface area contributed by atoms with Gasteiger partial charge in [0.15, 0.2) is 0 Å². The smallest absolute Gasteiger partial charge is 0.123 e. The number of hydrogen-bond donors (Lipinski definition) is 1. The van der Waals surface area contributed by atoms with Crippen LogP contribution in [0.4, 0.5) is 4.39 Å². The molecule has 0 heterocycles. The maximum absolute atomic E-state index is 13.3. The predicted molar refractivity (Wildman–Crippen MR) is 73.4 cm³/mol. The van der Waals surface area contributed by atoms with Crippen LogP contribution in [0.25, 0.3) is 0 Å². The molecule has 0 radical (unpaired) electrons. The first kappa shape index (κ1) is 13.1. The quantitative estimate of drug-likeness (QED) is 0.873. The van der Waals surface area contributed by atoms with Gasteiger partial charge in [0.2, 0.25) is 0 Å². The molecule has 1 atom stereocenters. The van der Waals surface area contributed by atoms with Gasteiger partial charge < -0.3 is 5.32 Å². The van der Waals surface area contributed by atoms with Gasteiger partial charge in [-0.3, -0.25) is 0 Å². The zero-order valence-corrected chi connectivity index (χ0v) is 10.9. The van der Waals surface area contributed by atoms with Crippen LogP contribution in [-0.4, -0.2) is 6.54 Å². The van der Waals surface area contributed by atoms with Crippen molar-refractivity contribution < 1.29 is 4.39 Å². The van der Waals surface area contributed by atoms with E-state index >= 15 is 0 Å². The summed E-state index contributed by atoms with van der Waals surface area (Å²) in [4.78, 5) is 0. The van der Waals surface area contributed by atoms with Gasteiger partial charge in [-0.15, -0.1) is 0 Å². The lowest BCUT2D eigenvalue weighted by Crippen LogP contribution is -2.22. The number of rotatable bonds is 4. The highest BCUT2D eigenvalue weighted by Gasteiger charge is 2.15. The summed E-state index contributed by atoms with van der Waals surface area (Å²) >= 11 is 6.21. The van der Waals surface area contributed by atoms with Crippen LogP contribution in [0, 0.1) is 5.82 Å². The van der Waals surface area contributed by atoms with E-state index in [1.165, 1.54) is 12.1 Å². The van der Waals surface area contributed by atoms with Gasteiger partial charge in [0.1, 0.15) is 5.82 Å². The molecule has 0 aliphatic rings. The Labute approximate surface area is 112 Å². The molecule has 0 amide bonds. The Kier molecular flexibility index (Phi) is 4.34. The van der Waals surface area contributed by atoms with Crippen LogP contribution in [0.15, 0.2) is 48.5 Å². The van der Waals surface area contributed by atoms with E-state index in [0.717, 1.165) is 17.7 Å². The van der Waals surface area contributed by atoms with E-state index in [-0.39, 0.29) is 11.9 Å². The van der Waals surface area contributed by atoms with Crippen molar-refractivity contribution in [1.82, 2.24) is 5.32 Å². The highest BCUT2D eigenvalue weighted by Crippen LogP contribution is 2.28. The molecule has 2 aromatic carbocycles. The second-order valence-corrected chi connectivity index (χ2v) is 4.47. The first-order chi connectivity index (χ1) is 8.72. The van der Waals surface area contributed by atoms with Gasteiger partial charge in [-0.25, -0.2) is 4.39 Å². The average molecular weight is 264 g/mol. The van der Waals surface area contributed by atoms with Crippen LogP contribution in [0.3, 0.4) is 0 Å². The number of hydrogen-bond acceptors (Lipinski definition) is 1. The molecule has 0 fully saturated rings. The highest BCUT2D eigenvalue weighted by atomic mass is 35.5. The molecule has 94 valence electrons. The minimum Gasteiger partial charge on any atom is -0.306 e. The SMILES string of the molecule is CCNC(c1cccc(F)c1)c1ccccc1Cl. The Morgan fingerprint density at radius 3 is 2.61 bits per heavy atom. The first-order valence-electron chi connectivity index (χ1n) is 5.95.